The van der Waals surface area contributed by atoms with Gasteiger partial charge in [0.2, 0.25) is 0 Å². The van der Waals surface area contributed by atoms with Crippen LogP contribution in [0, 0.1) is 3.57 Å². The lowest BCUT2D eigenvalue weighted by Crippen LogP contribution is -1.99. The summed E-state index contributed by atoms with van der Waals surface area (Å²) in [5, 5.41) is 19.1. The highest BCUT2D eigenvalue weighted by Gasteiger charge is 2.14. The monoisotopic (exact) mass is 315 g/mol. The molecule has 0 aliphatic rings. The van der Waals surface area contributed by atoms with E-state index in [0.29, 0.717) is 14.5 Å². The van der Waals surface area contributed by atoms with Gasteiger partial charge in [-0.3, -0.25) is 4.98 Å². The van der Waals surface area contributed by atoms with Crippen LogP contribution in [0.1, 0.15) is 10.4 Å². The third kappa shape index (κ3) is 1.63. The van der Waals surface area contributed by atoms with Gasteiger partial charge in [-0.15, -0.1) is 0 Å². The fourth-order valence-corrected chi connectivity index (χ4v) is 1.94. The fourth-order valence-electron chi connectivity index (χ4n) is 1.37. The number of hydrogen-bond donors (Lipinski definition) is 2. The first-order valence-corrected chi connectivity index (χ1v) is 5.18. The van der Waals surface area contributed by atoms with Gasteiger partial charge in [0.25, 0.3) is 0 Å². The summed E-state index contributed by atoms with van der Waals surface area (Å²) in [6, 6.07) is 4.70. The molecule has 0 unspecified atom stereocenters. The second-order valence-corrected chi connectivity index (χ2v) is 4.12. The van der Waals surface area contributed by atoms with Crippen LogP contribution in [-0.2, 0) is 0 Å². The van der Waals surface area contributed by atoms with Crippen molar-refractivity contribution < 1.29 is 15.0 Å². The fraction of sp³-hybridized carbons (Fsp3) is 0. The summed E-state index contributed by atoms with van der Waals surface area (Å²) in [5.74, 6) is -0.998. The zero-order valence-corrected chi connectivity index (χ0v) is 9.59. The van der Waals surface area contributed by atoms with Gasteiger partial charge in [0.05, 0.1) is 9.13 Å². The highest BCUT2D eigenvalue weighted by atomic mass is 127. The van der Waals surface area contributed by atoms with E-state index in [-0.39, 0.29) is 11.3 Å². The lowest BCUT2D eigenvalue weighted by Gasteiger charge is -2.05. The first-order valence-electron chi connectivity index (χ1n) is 4.10. The van der Waals surface area contributed by atoms with E-state index in [1.165, 1.54) is 12.3 Å². The van der Waals surface area contributed by atoms with Gasteiger partial charge in [0, 0.05) is 11.6 Å². The van der Waals surface area contributed by atoms with Crippen LogP contribution in [0.15, 0.2) is 24.4 Å². The van der Waals surface area contributed by atoms with Crippen molar-refractivity contribution in [3.63, 3.8) is 0 Å². The van der Waals surface area contributed by atoms with E-state index in [9.17, 15) is 9.90 Å². The van der Waals surface area contributed by atoms with Gasteiger partial charge in [-0.2, -0.15) is 0 Å². The summed E-state index contributed by atoms with van der Waals surface area (Å²) in [5.41, 5.74) is 0.474. The number of carboxylic acid groups (broad SMARTS) is 1. The lowest BCUT2D eigenvalue weighted by atomic mass is 10.1. The maximum Gasteiger partial charge on any atom is 0.336 e. The van der Waals surface area contributed by atoms with Crippen LogP contribution in [0.2, 0.25) is 0 Å². The summed E-state index contributed by atoms with van der Waals surface area (Å²) in [7, 11) is 0. The van der Waals surface area contributed by atoms with E-state index in [4.69, 9.17) is 5.11 Å². The molecule has 0 atom stereocenters. The van der Waals surface area contributed by atoms with Crippen LogP contribution in [0.25, 0.3) is 10.9 Å². The molecule has 0 amide bonds. The van der Waals surface area contributed by atoms with E-state index >= 15 is 0 Å². The number of aromatic hydroxyl groups is 1. The predicted molar refractivity (Wildman–Crippen MR) is 63.1 cm³/mol. The van der Waals surface area contributed by atoms with Crippen molar-refractivity contribution in [3.8, 4) is 5.75 Å². The number of aromatic carboxylic acids is 1. The Morgan fingerprint density at radius 3 is 2.87 bits per heavy atom. The largest absolute Gasteiger partial charge is 0.505 e. The molecular weight excluding hydrogens is 309 g/mol. The Bertz CT molecular complexity index is 554. The molecule has 2 rings (SSSR count). The van der Waals surface area contributed by atoms with Crippen LogP contribution >= 0.6 is 22.6 Å². The molecule has 76 valence electrons. The molecule has 1 aromatic carbocycles. The van der Waals surface area contributed by atoms with Gasteiger partial charge < -0.3 is 10.2 Å². The number of phenols is 1. The molecule has 1 aromatic heterocycles. The number of carbonyl (C=O) groups is 1. The van der Waals surface area contributed by atoms with Crippen molar-refractivity contribution in [3.05, 3.63) is 33.5 Å². The summed E-state index contributed by atoms with van der Waals surface area (Å²) in [4.78, 5) is 14.9. The quantitative estimate of drug-likeness (QED) is 0.792. The molecule has 0 aliphatic heterocycles. The minimum atomic E-state index is -1.02. The number of rotatable bonds is 1. The number of halogens is 1. The normalized spacial score (nSPS) is 10.5. The molecule has 0 aliphatic carbocycles. The van der Waals surface area contributed by atoms with E-state index < -0.39 is 5.97 Å². The molecule has 4 nitrogen and oxygen atoms in total. The average Bonchev–Trinajstić information content (AvgIpc) is 2.23. The van der Waals surface area contributed by atoms with Gasteiger partial charge in [-0.05, 0) is 34.7 Å². The Morgan fingerprint density at radius 2 is 2.20 bits per heavy atom. The predicted octanol–water partition coefficient (Wildman–Crippen LogP) is 2.24. The molecule has 0 spiro atoms. The van der Waals surface area contributed by atoms with Crippen LogP contribution in [0.5, 0.6) is 5.75 Å². The highest BCUT2D eigenvalue weighted by Crippen LogP contribution is 2.30. The number of aromatic nitrogens is 1. The van der Waals surface area contributed by atoms with Gasteiger partial charge >= 0.3 is 5.97 Å². The van der Waals surface area contributed by atoms with E-state index in [1.807, 2.05) is 22.6 Å². The van der Waals surface area contributed by atoms with Crippen LogP contribution in [0.3, 0.4) is 0 Å². The molecule has 5 heteroatoms. The molecule has 2 N–H and O–H groups in total. The topological polar surface area (TPSA) is 70.4 Å². The molecule has 0 saturated heterocycles. The minimum absolute atomic E-state index is 0.0243. The smallest absolute Gasteiger partial charge is 0.336 e. The number of nitrogens with zero attached hydrogens (tertiary/aromatic N) is 1. The summed E-state index contributed by atoms with van der Waals surface area (Å²) in [6.07, 6.45) is 1.52. The lowest BCUT2D eigenvalue weighted by molar-refractivity contribution is 0.0699. The third-order valence-corrected chi connectivity index (χ3v) is 2.87. The van der Waals surface area contributed by atoms with Gasteiger partial charge in [0.15, 0.2) is 5.75 Å². The second-order valence-electron chi connectivity index (χ2n) is 2.96. The molecule has 15 heavy (non-hydrogen) atoms. The van der Waals surface area contributed by atoms with Crippen LogP contribution < -0.4 is 0 Å². The first kappa shape index (κ1) is 10.2. The summed E-state index contributed by atoms with van der Waals surface area (Å²) >= 11 is 1.88. The number of phenolic OH excluding ortho intramolecular Hbond substituents is 1. The Hall–Kier alpha value is -1.37. The Kier molecular flexibility index (Phi) is 2.47. The Labute approximate surface area is 98.7 Å². The van der Waals surface area contributed by atoms with E-state index in [1.54, 1.807) is 12.1 Å². The SMILES string of the molecule is O=C(O)c1cc(I)c(O)c2ncccc12. The number of benzene rings is 1. The van der Waals surface area contributed by atoms with Crippen molar-refractivity contribution in [2.45, 2.75) is 0 Å². The Morgan fingerprint density at radius 1 is 1.47 bits per heavy atom. The average molecular weight is 315 g/mol. The minimum Gasteiger partial charge on any atom is -0.505 e. The van der Waals surface area contributed by atoms with E-state index in [2.05, 4.69) is 4.98 Å². The molecule has 0 fully saturated rings. The second kappa shape index (κ2) is 3.65. The van der Waals surface area contributed by atoms with Crippen LogP contribution in [0.4, 0.5) is 0 Å². The molecule has 0 saturated carbocycles. The van der Waals surface area contributed by atoms with Crippen molar-refractivity contribution in [2.75, 3.05) is 0 Å². The van der Waals surface area contributed by atoms with Crippen molar-refractivity contribution in [2.24, 2.45) is 0 Å². The van der Waals surface area contributed by atoms with E-state index in [0.717, 1.165) is 0 Å². The molecule has 0 bridgehead atoms. The standard InChI is InChI=1S/C10H6INO3/c11-7-4-6(10(14)15)5-2-1-3-12-8(5)9(7)13/h1-4,13H,(H,14,15). The van der Waals surface area contributed by atoms with Crippen molar-refractivity contribution in [1.29, 1.82) is 0 Å². The van der Waals surface area contributed by atoms with Gasteiger partial charge in [-0.1, -0.05) is 6.07 Å². The first-order chi connectivity index (χ1) is 7.11. The number of hydrogen-bond acceptors (Lipinski definition) is 3. The van der Waals surface area contributed by atoms with Crippen molar-refractivity contribution in [1.82, 2.24) is 4.98 Å². The van der Waals surface area contributed by atoms with Gasteiger partial charge in [0.1, 0.15) is 5.52 Å². The Balaban J connectivity index is 2.94. The maximum atomic E-state index is 11.0. The van der Waals surface area contributed by atoms with Crippen LogP contribution in [-0.4, -0.2) is 21.2 Å². The van der Waals surface area contributed by atoms with Crippen molar-refractivity contribution >= 4 is 39.5 Å². The zero-order chi connectivity index (χ0) is 11.0. The molecule has 1 heterocycles. The third-order valence-electron chi connectivity index (χ3n) is 2.05. The zero-order valence-electron chi connectivity index (χ0n) is 7.44. The number of fused-ring (bicyclic) bond motifs is 1. The number of carboxylic acids is 1. The highest BCUT2D eigenvalue weighted by molar-refractivity contribution is 14.1. The number of pyridine rings is 1. The molecule has 0 radical (unpaired) electrons. The molecular formula is C10H6INO3. The maximum absolute atomic E-state index is 11.0. The molecule has 2 aromatic rings. The van der Waals surface area contributed by atoms with Gasteiger partial charge in [-0.25, -0.2) is 4.79 Å². The summed E-state index contributed by atoms with van der Waals surface area (Å²) < 4.78 is 0.483. The summed E-state index contributed by atoms with van der Waals surface area (Å²) in [6.45, 7) is 0.